The molecule has 2 N–H and O–H groups in total. The minimum Gasteiger partial charge on any atom is -0.456 e. The molecular weight excluding hydrogens is 976 g/mol. The van der Waals surface area contributed by atoms with Crippen molar-refractivity contribution in [3.63, 3.8) is 0 Å². The van der Waals surface area contributed by atoms with Gasteiger partial charge in [0, 0.05) is 12.8 Å². The number of ether oxygens (including phenoxy) is 1. The topological polar surface area (TPSA) is 111 Å². The van der Waals surface area contributed by atoms with Crippen molar-refractivity contribution in [2.24, 2.45) is 0 Å². The monoisotopic (exact) mass is 1090 g/mol. The van der Waals surface area contributed by atoms with Crippen LogP contribution >= 0.6 is 7.82 Å². The molecule has 0 heterocycles. The van der Waals surface area contributed by atoms with E-state index in [0.717, 1.165) is 122 Å². The van der Waals surface area contributed by atoms with Crippen LogP contribution in [0.3, 0.4) is 0 Å². The van der Waals surface area contributed by atoms with Crippen LogP contribution in [-0.2, 0) is 27.9 Å². The molecule has 0 rings (SSSR count). The maximum atomic E-state index is 13.5. The van der Waals surface area contributed by atoms with Crippen molar-refractivity contribution in [2.45, 2.75) is 264 Å². The highest BCUT2D eigenvalue weighted by Gasteiger charge is 2.30. The van der Waals surface area contributed by atoms with Gasteiger partial charge in [-0.25, -0.2) is 4.57 Å². The number of phosphoric acid groups is 1. The van der Waals surface area contributed by atoms with Crippen LogP contribution in [0.4, 0.5) is 0 Å². The lowest BCUT2D eigenvalue weighted by Gasteiger charge is -2.27. The fourth-order valence-electron chi connectivity index (χ4n) is 8.38. The number of likely N-dealkylation sites (N-methyl/N-ethyl adjacent to an activating group) is 1. The smallest absolute Gasteiger partial charge is 0.456 e. The number of esters is 1. The van der Waals surface area contributed by atoms with Crippen molar-refractivity contribution in [1.29, 1.82) is 0 Å². The van der Waals surface area contributed by atoms with Crippen molar-refractivity contribution in [1.82, 2.24) is 5.32 Å². The highest BCUT2D eigenvalue weighted by molar-refractivity contribution is 7.47. The molecule has 3 atom stereocenters. The van der Waals surface area contributed by atoms with E-state index >= 15 is 0 Å². The van der Waals surface area contributed by atoms with Crippen LogP contribution in [0.25, 0.3) is 0 Å². The summed E-state index contributed by atoms with van der Waals surface area (Å²) in [4.78, 5) is 37.7. The number of phosphoric ester groups is 1. The van der Waals surface area contributed by atoms with Gasteiger partial charge in [0.05, 0.1) is 33.8 Å². The summed E-state index contributed by atoms with van der Waals surface area (Å²) in [5.74, 6) is -0.557. The minimum atomic E-state index is -4.47. The van der Waals surface area contributed by atoms with Crippen LogP contribution in [-0.4, -0.2) is 74.3 Å². The maximum Gasteiger partial charge on any atom is 0.472 e. The summed E-state index contributed by atoms with van der Waals surface area (Å²) in [5.41, 5.74) is 0. The predicted molar refractivity (Wildman–Crippen MR) is 332 cm³/mol. The third-order valence-electron chi connectivity index (χ3n) is 13.2. The molecule has 0 aliphatic heterocycles. The average molecular weight is 1090 g/mol. The molecule has 0 aliphatic carbocycles. The van der Waals surface area contributed by atoms with Gasteiger partial charge in [-0.3, -0.25) is 18.6 Å². The molecule has 0 aromatic carbocycles. The van der Waals surface area contributed by atoms with Crippen LogP contribution in [0.5, 0.6) is 0 Å². The van der Waals surface area contributed by atoms with E-state index in [9.17, 15) is 19.0 Å². The van der Waals surface area contributed by atoms with Crippen molar-refractivity contribution in [3.8, 4) is 0 Å². The van der Waals surface area contributed by atoms with Gasteiger partial charge in [0.1, 0.15) is 19.3 Å². The van der Waals surface area contributed by atoms with Crippen LogP contribution in [0, 0.1) is 0 Å². The Labute approximate surface area is 474 Å². The number of rotatable bonds is 55. The van der Waals surface area contributed by atoms with Crippen molar-refractivity contribution >= 4 is 19.7 Å². The minimum absolute atomic E-state index is 0.0267. The lowest BCUT2D eigenvalue weighted by Crippen LogP contribution is -2.47. The molecule has 0 bridgehead atoms. The number of hydrogen-bond donors (Lipinski definition) is 2. The van der Waals surface area contributed by atoms with Gasteiger partial charge in [-0.05, 0) is 115 Å². The Hall–Kier alpha value is -3.33. The Bertz CT molecular complexity index is 1690. The number of amides is 1. The molecule has 0 fully saturated rings. The molecule has 0 spiro atoms. The number of quaternary nitrogens is 1. The van der Waals surface area contributed by atoms with Gasteiger partial charge in [0.25, 0.3) is 0 Å². The van der Waals surface area contributed by atoms with Gasteiger partial charge in [-0.2, -0.15) is 0 Å². The molecule has 0 aromatic rings. The Balaban J connectivity index is 5.37. The second-order valence-electron chi connectivity index (χ2n) is 21.8. The van der Waals surface area contributed by atoms with Crippen molar-refractivity contribution in [2.75, 3.05) is 40.9 Å². The zero-order chi connectivity index (χ0) is 56.4. The van der Waals surface area contributed by atoms with E-state index in [1.165, 1.54) is 83.5 Å². The predicted octanol–water partition coefficient (Wildman–Crippen LogP) is 19.3. The Morgan fingerprint density at radius 3 is 1.27 bits per heavy atom. The molecule has 77 heavy (non-hydrogen) atoms. The first-order valence-electron chi connectivity index (χ1n) is 31.2. The summed E-state index contributed by atoms with van der Waals surface area (Å²) < 4.78 is 30.7. The second kappa shape index (κ2) is 56.0. The molecule has 10 heteroatoms. The molecule has 0 saturated carbocycles. The van der Waals surface area contributed by atoms with Gasteiger partial charge in [0.2, 0.25) is 5.91 Å². The number of nitrogens with one attached hydrogen (secondary N) is 1. The SMILES string of the molecule is CC/C=C\C/C=C\C/C=C\C/C=C\C/C=C\CCCCCCCC(=O)OC(/C=C/CCCCCCCCCCCCC)C(COP(=O)(O)OCC[N+](C)(C)C)NC(=O)CCCCCC/C=C\C/C=C\C/C=C\CCCCC. The summed E-state index contributed by atoms with van der Waals surface area (Å²) in [6.45, 7) is 6.83. The normalized spacial score (nSPS) is 14.4. The first-order valence-corrected chi connectivity index (χ1v) is 32.7. The summed E-state index contributed by atoms with van der Waals surface area (Å²) in [6, 6.07) is -0.876. The Morgan fingerprint density at radius 2 is 0.831 bits per heavy atom. The number of carbonyl (C=O) groups excluding carboxylic acids is 2. The van der Waals surface area contributed by atoms with Gasteiger partial charge in [-0.15, -0.1) is 0 Å². The van der Waals surface area contributed by atoms with E-state index in [1.54, 1.807) is 0 Å². The van der Waals surface area contributed by atoms with Gasteiger partial charge >= 0.3 is 13.8 Å². The molecule has 3 unspecified atom stereocenters. The van der Waals surface area contributed by atoms with Crippen LogP contribution in [0.1, 0.15) is 252 Å². The molecule has 1 amide bonds. The lowest BCUT2D eigenvalue weighted by atomic mass is 10.0. The summed E-state index contributed by atoms with van der Waals surface area (Å²) >= 11 is 0. The fourth-order valence-corrected chi connectivity index (χ4v) is 9.12. The Morgan fingerprint density at radius 1 is 0.468 bits per heavy atom. The van der Waals surface area contributed by atoms with Crippen LogP contribution in [0.15, 0.2) is 109 Å². The second-order valence-corrected chi connectivity index (χ2v) is 23.3. The average Bonchev–Trinajstić information content (AvgIpc) is 3.39. The van der Waals surface area contributed by atoms with Crippen LogP contribution < -0.4 is 5.32 Å². The zero-order valence-corrected chi connectivity index (χ0v) is 51.3. The largest absolute Gasteiger partial charge is 0.472 e. The summed E-state index contributed by atoms with van der Waals surface area (Å²) in [6.07, 6.45) is 76.5. The van der Waals surface area contributed by atoms with E-state index in [0.29, 0.717) is 30.3 Å². The van der Waals surface area contributed by atoms with E-state index < -0.39 is 20.0 Å². The van der Waals surface area contributed by atoms with Gasteiger partial charge in [0.15, 0.2) is 0 Å². The first-order chi connectivity index (χ1) is 37.4. The molecule has 0 saturated heterocycles. The van der Waals surface area contributed by atoms with Gasteiger partial charge in [-0.1, -0.05) is 233 Å². The van der Waals surface area contributed by atoms with E-state index in [2.05, 4.69) is 123 Å². The molecule has 442 valence electrons. The molecule has 9 nitrogen and oxygen atoms in total. The summed E-state index contributed by atoms with van der Waals surface area (Å²) in [7, 11) is 1.45. The van der Waals surface area contributed by atoms with Crippen LogP contribution in [0.2, 0.25) is 0 Å². The quantitative estimate of drug-likeness (QED) is 0.0205. The molecule has 0 aromatic heterocycles. The highest BCUT2D eigenvalue weighted by Crippen LogP contribution is 2.43. The number of allylic oxidation sites excluding steroid dienone is 17. The standard InChI is InChI=1S/C67H117N2O7P/c1-7-10-13-16-19-22-25-28-30-32-33-34-35-37-39-42-45-48-51-54-57-60-67(71)76-65(58-55-52-49-46-43-40-27-24-21-18-15-12-9-3)64(63-75-77(72,73)74-62-61-69(4,5)6)68-66(70)59-56-53-50-47-44-41-38-36-31-29-26-23-20-17-14-11-8-2/h10,13,19-20,22-23,28-31,33-34,37-39,41,55,58,64-65H,7-9,11-12,14-18,21,24-27,32,35-36,40,42-54,56-57,59-63H2,1-6H3,(H-,68,70,72,73)/p+1/b13-10-,22-19-,23-20-,30-28-,31-29-,34-33-,39-37-,41-38-,58-55+. The van der Waals surface area contributed by atoms with E-state index in [1.807, 2.05) is 33.3 Å². The summed E-state index contributed by atoms with van der Waals surface area (Å²) in [5, 5.41) is 3.04. The third-order valence-corrected chi connectivity index (χ3v) is 14.2. The lowest BCUT2D eigenvalue weighted by molar-refractivity contribution is -0.870. The highest BCUT2D eigenvalue weighted by atomic mass is 31.2. The van der Waals surface area contributed by atoms with E-state index in [-0.39, 0.29) is 31.5 Å². The number of unbranched alkanes of at least 4 members (excludes halogenated alkanes) is 23. The third kappa shape index (κ3) is 57.2. The molecule has 0 aliphatic rings. The number of hydrogen-bond acceptors (Lipinski definition) is 6. The first kappa shape index (κ1) is 73.7. The number of nitrogens with zero attached hydrogens (tertiary/aromatic N) is 1. The van der Waals surface area contributed by atoms with E-state index in [4.69, 9.17) is 13.8 Å². The molecule has 0 radical (unpaired) electrons. The zero-order valence-electron chi connectivity index (χ0n) is 50.4. The fraction of sp³-hybridized carbons (Fsp3) is 0.701. The van der Waals surface area contributed by atoms with Crippen molar-refractivity contribution in [3.05, 3.63) is 109 Å². The Kier molecular flexibility index (Phi) is 53.5. The van der Waals surface area contributed by atoms with Gasteiger partial charge < -0.3 is 19.4 Å². The number of carbonyl (C=O) groups is 2. The van der Waals surface area contributed by atoms with Crippen molar-refractivity contribution < 1.29 is 37.3 Å². The maximum absolute atomic E-state index is 13.5. The molecular formula is C67H118N2O7P+.